The smallest absolute Gasteiger partial charge is 0.161 e. The van der Waals surface area contributed by atoms with E-state index in [0.29, 0.717) is 18.3 Å². The van der Waals surface area contributed by atoms with Crippen molar-refractivity contribution in [1.29, 1.82) is 0 Å². The molecule has 0 saturated heterocycles. The Morgan fingerprint density at radius 1 is 0.700 bits per heavy atom. The van der Waals surface area contributed by atoms with Gasteiger partial charge in [-0.2, -0.15) is 0 Å². The van der Waals surface area contributed by atoms with Gasteiger partial charge in [-0.3, -0.25) is 0 Å². The summed E-state index contributed by atoms with van der Waals surface area (Å²) in [7, 11) is 0. The van der Waals surface area contributed by atoms with Crippen LogP contribution in [-0.2, 0) is 6.67 Å². The number of hydrogen-bond donors (Lipinski definition) is 0. The summed E-state index contributed by atoms with van der Waals surface area (Å²) in [6.45, 7) is 6.31. The van der Waals surface area contributed by atoms with Crippen molar-refractivity contribution in [2.45, 2.75) is 13.6 Å². The molecule has 0 spiro atoms. The fraction of sp³-hybridized carbons (Fsp3) is 0.0571. The predicted molar refractivity (Wildman–Crippen MR) is 167 cm³/mol. The average molecular weight is 519 g/mol. The van der Waals surface area contributed by atoms with Gasteiger partial charge in [0.25, 0.3) is 0 Å². The quantitative estimate of drug-likeness (QED) is 0.170. The zero-order valence-corrected chi connectivity index (χ0v) is 22.1. The van der Waals surface area contributed by atoms with Crippen LogP contribution in [0.25, 0.3) is 43.7 Å². The summed E-state index contributed by atoms with van der Waals surface area (Å²) in [6.07, 6.45) is 0. The molecule has 0 radical (unpaired) electrons. The van der Waals surface area contributed by atoms with E-state index < -0.39 is 0 Å². The first-order chi connectivity index (χ1) is 19.7. The molecule has 5 nitrogen and oxygen atoms in total. The molecule has 0 N–H and O–H groups in total. The van der Waals surface area contributed by atoms with Gasteiger partial charge >= 0.3 is 0 Å². The highest BCUT2D eigenvalue weighted by Gasteiger charge is 2.17. The third-order valence-corrected chi connectivity index (χ3v) is 7.33. The Bertz CT molecular complexity index is 2060. The Labute approximate surface area is 231 Å². The second kappa shape index (κ2) is 9.79. The summed E-state index contributed by atoms with van der Waals surface area (Å²) < 4.78 is 8.47. The van der Waals surface area contributed by atoms with Gasteiger partial charge in [0.1, 0.15) is 17.8 Å². The summed E-state index contributed by atoms with van der Waals surface area (Å²) in [5.41, 5.74) is 6.82. The number of aromatic nitrogens is 1. The zero-order valence-electron chi connectivity index (χ0n) is 22.1. The molecule has 5 heteroatoms. The van der Waals surface area contributed by atoms with Crippen molar-refractivity contribution in [2.75, 3.05) is 0 Å². The van der Waals surface area contributed by atoms with Gasteiger partial charge in [-0.05, 0) is 44.0 Å². The topological polar surface area (TPSA) is 55.1 Å². The average Bonchev–Trinajstić information content (AvgIpc) is 3.53. The lowest BCUT2D eigenvalue weighted by molar-refractivity contribution is 0.669. The van der Waals surface area contributed by atoms with E-state index in [1.165, 1.54) is 10.8 Å². The van der Waals surface area contributed by atoms with Gasteiger partial charge in [0.15, 0.2) is 11.7 Å². The first kappa shape index (κ1) is 23.8. The van der Waals surface area contributed by atoms with Crippen LogP contribution in [0.1, 0.15) is 16.7 Å². The van der Waals surface area contributed by atoms with Crippen LogP contribution in [0, 0.1) is 6.92 Å². The van der Waals surface area contributed by atoms with E-state index in [9.17, 15) is 0 Å². The lowest BCUT2D eigenvalue weighted by Gasteiger charge is -2.09. The van der Waals surface area contributed by atoms with E-state index in [2.05, 4.69) is 89.9 Å². The minimum absolute atomic E-state index is 0.386. The van der Waals surface area contributed by atoms with Crippen molar-refractivity contribution in [2.24, 2.45) is 15.0 Å². The van der Waals surface area contributed by atoms with Gasteiger partial charge in [-0.15, -0.1) is 0 Å². The zero-order chi connectivity index (χ0) is 27.1. The molecule has 0 aliphatic rings. The Balaban J connectivity index is 1.48. The SMILES string of the molecule is C=NC(=N/C(=N\Cn1c2ccccc2c2ccccc21)c1cccc2oc3ccc(C)cc3c12)c1ccccc1. The van der Waals surface area contributed by atoms with Crippen LogP contribution in [0.15, 0.2) is 135 Å². The van der Waals surface area contributed by atoms with Crippen LogP contribution in [-0.4, -0.2) is 23.0 Å². The highest BCUT2D eigenvalue weighted by Crippen LogP contribution is 2.33. The molecule has 5 aromatic carbocycles. The molecule has 40 heavy (non-hydrogen) atoms. The molecular formula is C35H26N4O. The summed E-state index contributed by atoms with van der Waals surface area (Å²) in [5.74, 6) is 1.09. The monoisotopic (exact) mass is 518 g/mol. The maximum atomic E-state index is 6.24. The van der Waals surface area contributed by atoms with E-state index in [4.69, 9.17) is 14.4 Å². The van der Waals surface area contributed by atoms with Gasteiger partial charge < -0.3 is 8.98 Å². The Kier molecular flexibility index (Phi) is 5.82. The number of amidine groups is 2. The highest BCUT2D eigenvalue weighted by atomic mass is 16.3. The molecule has 0 saturated carbocycles. The summed E-state index contributed by atoms with van der Waals surface area (Å²) >= 11 is 0. The van der Waals surface area contributed by atoms with Crippen molar-refractivity contribution in [3.05, 3.63) is 132 Å². The number of aliphatic imine (C=N–C) groups is 3. The second-order valence-corrected chi connectivity index (χ2v) is 9.83. The maximum absolute atomic E-state index is 6.24. The van der Waals surface area contributed by atoms with Gasteiger partial charge in [0, 0.05) is 32.7 Å². The molecule has 2 heterocycles. The molecule has 0 bridgehead atoms. The molecule has 192 valence electrons. The van der Waals surface area contributed by atoms with Crippen molar-refractivity contribution >= 4 is 62.1 Å². The van der Waals surface area contributed by atoms with Crippen LogP contribution in [0.2, 0.25) is 0 Å². The van der Waals surface area contributed by atoms with Gasteiger partial charge in [-0.1, -0.05) is 90.5 Å². The minimum Gasteiger partial charge on any atom is -0.456 e. The molecule has 0 fully saturated rings. The first-order valence-corrected chi connectivity index (χ1v) is 13.2. The molecule has 7 rings (SSSR count). The summed E-state index contributed by atoms with van der Waals surface area (Å²) in [4.78, 5) is 14.5. The van der Waals surface area contributed by atoms with Crippen LogP contribution < -0.4 is 0 Å². The number of furan rings is 1. The number of benzene rings is 5. The van der Waals surface area contributed by atoms with Crippen LogP contribution in [0.5, 0.6) is 0 Å². The van der Waals surface area contributed by atoms with Crippen molar-refractivity contribution in [3.63, 3.8) is 0 Å². The maximum Gasteiger partial charge on any atom is 0.161 e. The largest absolute Gasteiger partial charge is 0.456 e. The number of nitrogens with zero attached hydrogens (tertiary/aromatic N) is 4. The summed E-state index contributed by atoms with van der Waals surface area (Å²) in [6, 6.07) is 39.0. The van der Waals surface area contributed by atoms with E-state index in [0.717, 1.165) is 49.7 Å². The van der Waals surface area contributed by atoms with Crippen molar-refractivity contribution in [1.82, 2.24) is 4.57 Å². The summed E-state index contributed by atoms with van der Waals surface area (Å²) in [5, 5.41) is 4.43. The fourth-order valence-corrected chi connectivity index (χ4v) is 5.48. The van der Waals surface area contributed by atoms with E-state index in [-0.39, 0.29) is 0 Å². The molecule has 7 aromatic rings. The lowest BCUT2D eigenvalue weighted by Crippen LogP contribution is -2.07. The van der Waals surface area contributed by atoms with Gasteiger partial charge in [-0.25, -0.2) is 15.0 Å². The molecular weight excluding hydrogens is 492 g/mol. The van der Waals surface area contributed by atoms with E-state index in [1.54, 1.807) is 0 Å². The third kappa shape index (κ3) is 4.00. The van der Waals surface area contributed by atoms with Gasteiger partial charge in [0.2, 0.25) is 0 Å². The van der Waals surface area contributed by atoms with Crippen LogP contribution >= 0.6 is 0 Å². The Morgan fingerprint density at radius 2 is 1.40 bits per heavy atom. The van der Waals surface area contributed by atoms with Crippen LogP contribution in [0.4, 0.5) is 0 Å². The third-order valence-electron chi connectivity index (χ3n) is 7.33. The predicted octanol–water partition coefficient (Wildman–Crippen LogP) is 8.55. The Morgan fingerprint density at radius 3 is 2.12 bits per heavy atom. The van der Waals surface area contributed by atoms with Crippen molar-refractivity contribution in [3.8, 4) is 0 Å². The van der Waals surface area contributed by atoms with E-state index >= 15 is 0 Å². The highest BCUT2D eigenvalue weighted by molar-refractivity contribution is 6.21. The molecule has 0 atom stereocenters. The minimum atomic E-state index is 0.386. The molecule has 0 amide bonds. The molecule has 0 aliphatic carbocycles. The second-order valence-electron chi connectivity index (χ2n) is 9.83. The lowest BCUT2D eigenvalue weighted by atomic mass is 10.0. The van der Waals surface area contributed by atoms with Crippen molar-refractivity contribution < 1.29 is 4.42 Å². The number of para-hydroxylation sites is 2. The number of hydrogen-bond acceptors (Lipinski definition) is 2. The van der Waals surface area contributed by atoms with Gasteiger partial charge in [0.05, 0.1) is 11.0 Å². The Hall–Kier alpha value is -5.29. The number of fused-ring (bicyclic) bond motifs is 6. The molecule has 0 aliphatic heterocycles. The fourth-order valence-electron chi connectivity index (χ4n) is 5.48. The first-order valence-electron chi connectivity index (χ1n) is 13.2. The molecule has 0 unspecified atom stereocenters. The van der Waals surface area contributed by atoms with E-state index in [1.807, 2.05) is 48.5 Å². The van der Waals surface area contributed by atoms with Crippen LogP contribution in [0.3, 0.4) is 0 Å². The number of rotatable bonds is 4. The normalized spacial score (nSPS) is 12.6. The standard InChI is InChI=1S/C35H26N4O/c1-23-19-20-31-28(21-23)33-27(15-10-18-32(33)40-31)35(38-34(36-2)24-11-4-3-5-12-24)37-22-39-29-16-8-6-13-25(29)26-14-7-9-17-30(26)39/h3-21H,2,22H2,1H3/b37-35-,38-34?. The molecule has 2 aromatic heterocycles. The number of aryl methyl sites for hydroxylation is 1.